The van der Waals surface area contributed by atoms with Gasteiger partial charge in [0.25, 0.3) is 5.91 Å². The van der Waals surface area contributed by atoms with Crippen LogP contribution in [-0.2, 0) is 10.0 Å². The Balaban J connectivity index is 2.01. The number of sulfonamides is 1. The minimum Gasteiger partial charge on any atom is -0.349 e. The first kappa shape index (κ1) is 19.9. The van der Waals surface area contributed by atoms with Gasteiger partial charge in [-0.05, 0) is 43.5 Å². The first-order valence-electron chi connectivity index (χ1n) is 9.32. The van der Waals surface area contributed by atoms with E-state index < -0.39 is 10.0 Å². The zero-order valence-electron chi connectivity index (χ0n) is 15.3. The largest absolute Gasteiger partial charge is 0.349 e. The number of rotatable bonds is 7. The average molecular weight is 367 g/mol. The first-order chi connectivity index (χ1) is 11.9. The number of carbonyl (C=O) groups is 1. The summed E-state index contributed by atoms with van der Waals surface area (Å²) in [7, 11) is -1.89. The highest BCUT2D eigenvalue weighted by Gasteiger charge is 2.21. The smallest absolute Gasteiger partial charge is 0.251 e. The Bertz CT molecular complexity index is 648. The molecule has 1 aliphatic carbocycles. The van der Waals surface area contributed by atoms with Gasteiger partial charge in [-0.25, -0.2) is 12.7 Å². The molecule has 0 heterocycles. The maximum Gasteiger partial charge on any atom is 0.251 e. The summed E-state index contributed by atoms with van der Waals surface area (Å²) in [6, 6.07) is 6.50. The van der Waals surface area contributed by atoms with Gasteiger partial charge in [0.2, 0.25) is 10.0 Å². The predicted molar refractivity (Wildman–Crippen MR) is 100 cm³/mol. The molecule has 1 amide bonds. The van der Waals surface area contributed by atoms with Crippen LogP contribution in [0, 0.1) is 0 Å². The SMILES string of the molecule is CCCCN(C)S(=O)(=O)c1ccc(C(=O)NC2CCCCCC2)cc1. The minimum atomic E-state index is -3.48. The fourth-order valence-electron chi connectivity index (χ4n) is 3.15. The zero-order valence-corrected chi connectivity index (χ0v) is 16.1. The summed E-state index contributed by atoms with van der Waals surface area (Å²) < 4.78 is 26.4. The van der Waals surface area contributed by atoms with Crippen molar-refractivity contribution in [3.05, 3.63) is 29.8 Å². The van der Waals surface area contributed by atoms with Crippen LogP contribution in [0.2, 0.25) is 0 Å². The minimum absolute atomic E-state index is 0.116. The van der Waals surface area contributed by atoms with Gasteiger partial charge in [0.05, 0.1) is 4.90 Å². The molecule has 2 rings (SSSR count). The topological polar surface area (TPSA) is 66.5 Å². The van der Waals surface area contributed by atoms with E-state index in [1.54, 1.807) is 19.2 Å². The normalized spacial score (nSPS) is 16.6. The highest BCUT2D eigenvalue weighted by molar-refractivity contribution is 7.89. The highest BCUT2D eigenvalue weighted by Crippen LogP contribution is 2.19. The van der Waals surface area contributed by atoms with Crippen LogP contribution >= 0.6 is 0 Å². The Morgan fingerprint density at radius 3 is 2.28 bits per heavy atom. The van der Waals surface area contributed by atoms with E-state index in [0.29, 0.717) is 12.1 Å². The Kier molecular flexibility index (Phi) is 7.44. The maximum atomic E-state index is 12.5. The van der Waals surface area contributed by atoms with Gasteiger partial charge in [-0.1, -0.05) is 39.0 Å². The molecule has 0 radical (unpaired) electrons. The first-order valence-corrected chi connectivity index (χ1v) is 10.8. The van der Waals surface area contributed by atoms with Crippen LogP contribution in [0.3, 0.4) is 0 Å². The van der Waals surface area contributed by atoms with Crippen molar-refractivity contribution >= 4 is 15.9 Å². The van der Waals surface area contributed by atoms with Gasteiger partial charge in [0, 0.05) is 25.2 Å². The molecule has 0 bridgehead atoms. The van der Waals surface area contributed by atoms with Crippen LogP contribution in [0.1, 0.15) is 68.6 Å². The molecule has 0 aromatic heterocycles. The molecule has 1 N–H and O–H groups in total. The van der Waals surface area contributed by atoms with Crippen LogP contribution in [0.5, 0.6) is 0 Å². The van der Waals surface area contributed by atoms with Gasteiger partial charge >= 0.3 is 0 Å². The van der Waals surface area contributed by atoms with Crippen LogP contribution in [-0.4, -0.2) is 38.3 Å². The van der Waals surface area contributed by atoms with E-state index in [4.69, 9.17) is 0 Å². The number of hydrogen-bond donors (Lipinski definition) is 1. The quantitative estimate of drug-likeness (QED) is 0.750. The second kappa shape index (κ2) is 9.34. The molecule has 0 unspecified atom stereocenters. The third-order valence-electron chi connectivity index (χ3n) is 4.84. The lowest BCUT2D eigenvalue weighted by atomic mass is 10.1. The molecule has 1 aliphatic rings. The van der Waals surface area contributed by atoms with Gasteiger partial charge in [-0.3, -0.25) is 4.79 Å². The van der Waals surface area contributed by atoms with Gasteiger partial charge in [0.1, 0.15) is 0 Å². The molecule has 25 heavy (non-hydrogen) atoms. The van der Waals surface area contributed by atoms with E-state index in [1.807, 2.05) is 6.92 Å². The average Bonchev–Trinajstić information content (AvgIpc) is 2.88. The second-order valence-corrected chi connectivity index (χ2v) is 8.91. The molecule has 0 saturated heterocycles. The standard InChI is InChI=1S/C19H30N2O3S/c1-3-4-15-21(2)25(23,24)18-13-11-16(12-14-18)19(22)20-17-9-7-5-6-8-10-17/h11-14,17H,3-10,15H2,1-2H3,(H,20,22). The fourth-order valence-corrected chi connectivity index (χ4v) is 4.36. The van der Waals surface area contributed by atoms with Crippen molar-refractivity contribution in [1.82, 2.24) is 9.62 Å². The van der Waals surface area contributed by atoms with Crippen LogP contribution in [0.4, 0.5) is 0 Å². The lowest BCUT2D eigenvalue weighted by Crippen LogP contribution is -2.34. The van der Waals surface area contributed by atoms with Crippen molar-refractivity contribution in [1.29, 1.82) is 0 Å². The van der Waals surface area contributed by atoms with Gasteiger partial charge < -0.3 is 5.32 Å². The molecule has 0 spiro atoms. The van der Waals surface area contributed by atoms with E-state index in [1.165, 1.54) is 29.3 Å². The molecular weight excluding hydrogens is 336 g/mol. The van der Waals surface area contributed by atoms with E-state index >= 15 is 0 Å². The van der Waals surface area contributed by atoms with Crippen molar-refractivity contribution in [3.63, 3.8) is 0 Å². The van der Waals surface area contributed by atoms with Crippen molar-refractivity contribution < 1.29 is 13.2 Å². The lowest BCUT2D eigenvalue weighted by molar-refractivity contribution is 0.0933. The van der Waals surface area contributed by atoms with E-state index in [9.17, 15) is 13.2 Å². The van der Waals surface area contributed by atoms with E-state index in [2.05, 4.69) is 5.32 Å². The molecule has 140 valence electrons. The highest BCUT2D eigenvalue weighted by atomic mass is 32.2. The number of nitrogens with one attached hydrogen (secondary N) is 1. The summed E-state index contributed by atoms with van der Waals surface area (Å²) in [4.78, 5) is 12.6. The Labute approximate surface area is 151 Å². The van der Waals surface area contributed by atoms with Crippen LogP contribution in [0.15, 0.2) is 29.2 Å². The van der Waals surface area contributed by atoms with Gasteiger partial charge in [-0.2, -0.15) is 0 Å². The second-order valence-electron chi connectivity index (χ2n) is 6.87. The van der Waals surface area contributed by atoms with Gasteiger partial charge in [-0.15, -0.1) is 0 Å². The van der Waals surface area contributed by atoms with Gasteiger partial charge in [0.15, 0.2) is 0 Å². The molecule has 5 nitrogen and oxygen atoms in total. The van der Waals surface area contributed by atoms with E-state index in [-0.39, 0.29) is 16.8 Å². The molecule has 1 aromatic rings. The fraction of sp³-hybridized carbons (Fsp3) is 0.632. The predicted octanol–water partition coefficient (Wildman–Crippen LogP) is 3.56. The summed E-state index contributed by atoms with van der Waals surface area (Å²) in [5, 5.41) is 3.09. The number of hydrogen-bond acceptors (Lipinski definition) is 3. The molecule has 6 heteroatoms. The Morgan fingerprint density at radius 2 is 1.72 bits per heavy atom. The monoisotopic (exact) mass is 366 g/mol. The van der Waals surface area contributed by atoms with E-state index in [0.717, 1.165) is 38.5 Å². The third kappa shape index (κ3) is 5.54. The van der Waals surface area contributed by atoms with Crippen LogP contribution < -0.4 is 5.32 Å². The maximum absolute atomic E-state index is 12.5. The molecule has 0 aliphatic heterocycles. The van der Waals surface area contributed by atoms with Crippen molar-refractivity contribution in [2.24, 2.45) is 0 Å². The number of unbranched alkanes of at least 4 members (excludes halogenated alkanes) is 1. The van der Waals surface area contributed by atoms with Crippen molar-refractivity contribution in [3.8, 4) is 0 Å². The molecule has 1 aromatic carbocycles. The lowest BCUT2D eigenvalue weighted by Gasteiger charge is -2.18. The number of amides is 1. The third-order valence-corrected chi connectivity index (χ3v) is 6.71. The van der Waals surface area contributed by atoms with Crippen LogP contribution in [0.25, 0.3) is 0 Å². The van der Waals surface area contributed by atoms with Crippen molar-refractivity contribution in [2.75, 3.05) is 13.6 Å². The number of benzene rings is 1. The molecular formula is C19H30N2O3S. The van der Waals surface area contributed by atoms with Crippen molar-refractivity contribution in [2.45, 2.75) is 69.2 Å². The summed E-state index contributed by atoms with van der Waals surface area (Å²) >= 11 is 0. The molecule has 1 fully saturated rings. The zero-order chi connectivity index (χ0) is 18.3. The summed E-state index contributed by atoms with van der Waals surface area (Å²) in [5.41, 5.74) is 0.513. The Morgan fingerprint density at radius 1 is 1.12 bits per heavy atom. The number of carbonyl (C=O) groups excluding carboxylic acids is 1. The number of nitrogens with zero attached hydrogens (tertiary/aromatic N) is 1. The molecule has 0 atom stereocenters. The summed E-state index contributed by atoms with van der Waals surface area (Å²) in [6.07, 6.45) is 8.63. The molecule has 1 saturated carbocycles. The Hall–Kier alpha value is -1.40. The summed E-state index contributed by atoms with van der Waals surface area (Å²) in [6.45, 7) is 2.53. The summed E-state index contributed by atoms with van der Waals surface area (Å²) in [5.74, 6) is -0.116.